The molecule has 0 aliphatic heterocycles. The summed E-state index contributed by atoms with van der Waals surface area (Å²) in [5.41, 5.74) is -1.21. The number of halogens is 2. The van der Waals surface area contributed by atoms with E-state index >= 15 is 0 Å². The molecule has 0 radical (unpaired) electrons. The number of hydrogen-bond acceptors (Lipinski definition) is 5. The fourth-order valence-electron chi connectivity index (χ4n) is 1.36. The lowest BCUT2D eigenvalue weighted by Gasteiger charge is -2.17. The average Bonchev–Trinajstić information content (AvgIpc) is 2.80. The van der Waals surface area contributed by atoms with Crippen LogP contribution in [0.2, 0.25) is 0 Å². The van der Waals surface area contributed by atoms with Gasteiger partial charge in [0.1, 0.15) is 6.10 Å². The van der Waals surface area contributed by atoms with Crippen molar-refractivity contribution >= 4 is 16.1 Å². The summed E-state index contributed by atoms with van der Waals surface area (Å²) in [7, 11) is -5.84. The van der Waals surface area contributed by atoms with Gasteiger partial charge < -0.3 is 9.84 Å². The van der Waals surface area contributed by atoms with Gasteiger partial charge in [-0.2, -0.15) is 17.2 Å². The van der Waals surface area contributed by atoms with Crippen molar-refractivity contribution in [3.05, 3.63) is 0 Å². The Morgan fingerprint density at radius 2 is 1.88 bits per heavy atom. The zero-order chi connectivity index (χ0) is 13.6. The van der Waals surface area contributed by atoms with Gasteiger partial charge in [0.05, 0.1) is 5.60 Å². The fraction of sp³-hybridized carbons (Fsp3) is 0.875. The summed E-state index contributed by atoms with van der Waals surface area (Å²) in [5.74, 6) is -2.86. The minimum Gasteiger partial charge on any atom is -0.457 e. The van der Waals surface area contributed by atoms with E-state index in [2.05, 4.69) is 4.74 Å². The van der Waals surface area contributed by atoms with Crippen LogP contribution in [0.25, 0.3) is 0 Å². The van der Waals surface area contributed by atoms with Gasteiger partial charge in [-0.05, 0) is 20.3 Å². The van der Waals surface area contributed by atoms with E-state index in [0.29, 0.717) is 0 Å². The van der Waals surface area contributed by atoms with E-state index < -0.39 is 39.0 Å². The molecule has 1 rings (SSSR count). The third-order valence-electron chi connectivity index (χ3n) is 2.46. The molecule has 0 spiro atoms. The van der Waals surface area contributed by atoms with E-state index in [1.54, 1.807) is 0 Å². The second-order valence-corrected chi connectivity index (χ2v) is 5.89. The summed E-state index contributed by atoms with van der Waals surface area (Å²) in [4.78, 5) is 10.8. The van der Waals surface area contributed by atoms with Crippen LogP contribution >= 0.6 is 0 Å². The Kier molecular flexibility index (Phi) is 3.23. The topological polar surface area (TPSA) is 101 Å². The number of carbonyl (C=O) groups excluding carboxylic acids is 1. The lowest BCUT2D eigenvalue weighted by molar-refractivity contribution is -0.164. The maximum absolute atomic E-state index is 12.8. The number of ether oxygens (including phenoxy) is 1. The normalized spacial score (nSPS) is 25.5. The number of hydrogen-bond donors (Lipinski definition) is 2. The summed E-state index contributed by atoms with van der Waals surface area (Å²) in [6.07, 6.45) is -0.799. The van der Waals surface area contributed by atoms with E-state index in [-0.39, 0.29) is 6.42 Å². The van der Waals surface area contributed by atoms with Crippen LogP contribution in [0.5, 0.6) is 0 Å². The number of aliphatic hydroxyl groups is 1. The highest BCUT2D eigenvalue weighted by Crippen LogP contribution is 2.43. The minimum atomic E-state index is -5.84. The SMILES string of the molecule is CC(C)(O)C1CC1OC(=O)C(F)(F)S(=O)(=O)O. The number of alkyl halides is 2. The number of esters is 1. The molecule has 6 nitrogen and oxygen atoms in total. The zero-order valence-corrected chi connectivity index (χ0v) is 9.87. The summed E-state index contributed by atoms with van der Waals surface area (Å²) in [6.45, 7) is 2.82. The second kappa shape index (κ2) is 3.85. The lowest BCUT2D eigenvalue weighted by atomic mass is 10.0. The summed E-state index contributed by atoms with van der Waals surface area (Å²) in [5, 5.41) is 4.47. The van der Waals surface area contributed by atoms with Gasteiger partial charge in [-0.25, -0.2) is 4.79 Å². The van der Waals surface area contributed by atoms with Crippen LogP contribution in [0.15, 0.2) is 0 Å². The van der Waals surface area contributed by atoms with Gasteiger partial charge in [0.25, 0.3) is 0 Å². The van der Waals surface area contributed by atoms with Crippen molar-refractivity contribution in [2.45, 2.75) is 37.2 Å². The predicted octanol–water partition coefficient (Wildman–Crippen LogP) is 0.170. The van der Waals surface area contributed by atoms with Crippen LogP contribution < -0.4 is 0 Å². The van der Waals surface area contributed by atoms with E-state index in [1.807, 2.05) is 0 Å². The Balaban J connectivity index is 2.65. The van der Waals surface area contributed by atoms with Crippen LogP contribution in [-0.2, 0) is 19.6 Å². The van der Waals surface area contributed by atoms with E-state index in [1.165, 1.54) is 13.8 Å². The van der Waals surface area contributed by atoms with Gasteiger partial charge in [0.2, 0.25) is 0 Å². The molecular formula is C8H12F2O6S. The number of rotatable bonds is 4. The largest absolute Gasteiger partial charge is 0.465 e. The molecule has 0 aromatic carbocycles. The van der Waals surface area contributed by atoms with Crippen LogP contribution in [0.1, 0.15) is 20.3 Å². The molecule has 0 aromatic rings. The van der Waals surface area contributed by atoms with Crippen molar-refractivity contribution in [1.82, 2.24) is 0 Å². The maximum atomic E-state index is 12.8. The molecular weight excluding hydrogens is 262 g/mol. The van der Waals surface area contributed by atoms with Gasteiger partial charge in [-0.3, -0.25) is 4.55 Å². The Hall–Kier alpha value is -0.800. The average molecular weight is 274 g/mol. The van der Waals surface area contributed by atoms with Crippen LogP contribution in [-0.4, -0.2) is 41.0 Å². The zero-order valence-electron chi connectivity index (χ0n) is 9.05. The summed E-state index contributed by atoms with van der Waals surface area (Å²) < 4.78 is 58.3. The van der Waals surface area contributed by atoms with Crippen molar-refractivity contribution in [2.75, 3.05) is 0 Å². The molecule has 0 saturated heterocycles. The molecule has 17 heavy (non-hydrogen) atoms. The van der Waals surface area contributed by atoms with Crippen molar-refractivity contribution in [1.29, 1.82) is 0 Å². The first-order valence-electron chi connectivity index (χ1n) is 4.65. The van der Waals surface area contributed by atoms with Crippen molar-refractivity contribution in [3.8, 4) is 0 Å². The molecule has 1 aliphatic rings. The highest BCUT2D eigenvalue weighted by molar-refractivity contribution is 7.87. The van der Waals surface area contributed by atoms with Crippen molar-refractivity contribution in [3.63, 3.8) is 0 Å². The third-order valence-corrected chi connectivity index (χ3v) is 3.27. The molecule has 100 valence electrons. The second-order valence-electron chi connectivity index (χ2n) is 4.43. The molecule has 1 saturated carbocycles. The fourth-order valence-corrected chi connectivity index (χ4v) is 1.62. The Morgan fingerprint density at radius 3 is 2.18 bits per heavy atom. The van der Waals surface area contributed by atoms with Crippen molar-refractivity contribution in [2.24, 2.45) is 5.92 Å². The predicted molar refractivity (Wildman–Crippen MR) is 50.8 cm³/mol. The molecule has 1 aliphatic carbocycles. The first-order chi connectivity index (χ1) is 7.37. The van der Waals surface area contributed by atoms with Crippen LogP contribution in [0.3, 0.4) is 0 Å². The number of carbonyl (C=O) groups is 1. The molecule has 0 aromatic heterocycles. The molecule has 0 amide bonds. The molecule has 0 heterocycles. The van der Waals surface area contributed by atoms with Crippen molar-refractivity contribution < 1.29 is 36.4 Å². The highest BCUT2D eigenvalue weighted by atomic mass is 32.2. The highest BCUT2D eigenvalue weighted by Gasteiger charge is 2.58. The van der Waals surface area contributed by atoms with Gasteiger partial charge in [-0.15, -0.1) is 0 Å². The first-order valence-corrected chi connectivity index (χ1v) is 6.09. The maximum Gasteiger partial charge on any atom is 0.465 e. The molecule has 9 heteroatoms. The minimum absolute atomic E-state index is 0.163. The smallest absolute Gasteiger partial charge is 0.457 e. The Bertz CT molecular complexity index is 424. The van der Waals surface area contributed by atoms with E-state index in [9.17, 15) is 27.1 Å². The van der Waals surface area contributed by atoms with Gasteiger partial charge in [-0.1, -0.05) is 0 Å². The summed E-state index contributed by atoms with van der Waals surface area (Å²) in [6, 6.07) is 0. The van der Waals surface area contributed by atoms with E-state index in [0.717, 1.165) is 0 Å². The first kappa shape index (κ1) is 14.3. The molecule has 0 bridgehead atoms. The van der Waals surface area contributed by atoms with Gasteiger partial charge in [0, 0.05) is 5.92 Å². The van der Waals surface area contributed by atoms with Crippen LogP contribution in [0, 0.1) is 5.92 Å². The van der Waals surface area contributed by atoms with E-state index in [4.69, 9.17) is 4.55 Å². The Morgan fingerprint density at radius 1 is 1.41 bits per heavy atom. The molecule has 2 unspecified atom stereocenters. The monoisotopic (exact) mass is 274 g/mol. The molecule has 2 N–H and O–H groups in total. The Labute approximate surface area is 96.3 Å². The molecule has 2 atom stereocenters. The lowest BCUT2D eigenvalue weighted by Crippen LogP contribution is -2.39. The standard InChI is InChI=1S/C8H12F2O6S/c1-7(2,12)4-3-5(4)16-6(11)8(9,10)17(13,14)15/h4-5,12H,3H2,1-2H3,(H,13,14,15). The summed E-state index contributed by atoms with van der Waals surface area (Å²) >= 11 is 0. The van der Waals surface area contributed by atoms with Gasteiger partial charge in [0.15, 0.2) is 0 Å². The van der Waals surface area contributed by atoms with Crippen LogP contribution in [0.4, 0.5) is 8.78 Å². The quantitative estimate of drug-likeness (QED) is 0.560. The van der Waals surface area contributed by atoms with Gasteiger partial charge >= 0.3 is 21.3 Å². The molecule has 1 fully saturated rings. The third kappa shape index (κ3) is 2.90.